The van der Waals surface area contributed by atoms with Crippen LogP contribution in [0.3, 0.4) is 0 Å². The van der Waals surface area contributed by atoms with Gasteiger partial charge in [-0.1, -0.05) is 12.1 Å². The average Bonchev–Trinajstić information content (AvgIpc) is 3.15. The Kier molecular flexibility index (Phi) is 7.15. The third kappa shape index (κ3) is 6.20. The van der Waals surface area contributed by atoms with E-state index in [9.17, 15) is 4.79 Å². The summed E-state index contributed by atoms with van der Waals surface area (Å²) in [5, 5.41) is 0.744. The lowest BCUT2D eigenvalue weighted by molar-refractivity contribution is -0.154. The molecule has 0 radical (unpaired) electrons. The van der Waals surface area contributed by atoms with Gasteiger partial charge in [0.15, 0.2) is 0 Å². The molecule has 166 valence electrons. The molecule has 3 rings (SSSR count). The second-order valence-electron chi connectivity index (χ2n) is 8.50. The molecular weight excluding hydrogens is 396 g/mol. The zero-order valence-electron chi connectivity index (χ0n) is 18.8. The van der Waals surface area contributed by atoms with Gasteiger partial charge in [0.25, 0.3) is 0 Å². The molecule has 2 heterocycles. The number of nitrogens with zero attached hydrogens (tertiary/aromatic N) is 2. The van der Waals surface area contributed by atoms with Gasteiger partial charge in [0, 0.05) is 12.0 Å². The molecule has 0 bridgehead atoms. The SMILES string of the molecule is COc1ccc(-c2coc3ncnc(O[C@H](C)CCCCC(=O)OC(C)(C)C)c23)cc1. The van der Waals surface area contributed by atoms with E-state index >= 15 is 0 Å². The molecule has 0 aliphatic carbocycles. The molecule has 0 N–H and O–H groups in total. The lowest BCUT2D eigenvalue weighted by Crippen LogP contribution is -2.23. The van der Waals surface area contributed by atoms with Crippen LogP contribution in [-0.4, -0.2) is 34.8 Å². The fourth-order valence-electron chi connectivity index (χ4n) is 3.26. The minimum atomic E-state index is -0.446. The van der Waals surface area contributed by atoms with E-state index in [1.54, 1.807) is 13.4 Å². The summed E-state index contributed by atoms with van der Waals surface area (Å²) < 4.78 is 22.3. The maximum absolute atomic E-state index is 11.8. The van der Waals surface area contributed by atoms with Crippen LogP contribution in [0.1, 0.15) is 53.4 Å². The van der Waals surface area contributed by atoms with Gasteiger partial charge in [0.05, 0.1) is 13.2 Å². The molecule has 0 aliphatic rings. The molecule has 31 heavy (non-hydrogen) atoms. The highest BCUT2D eigenvalue weighted by Gasteiger charge is 2.18. The predicted octanol–water partition coefficient (Wildman–Crippen LogP) is 5.57. The molecular formula is C24H30N2O5. The van der Waals surface area contributed by atoms with Crippen LogP contribution in [0.25, 0.3) is 22.2 Å². The van der Waals surface area contributed by atoms with Gasteiger partial charge in [-0.3, -0.25) is 4.79 Å². The van der Waals surface area contributed by atoms with Gasteiger partial charge in [-0.2, -0.15) is 0 Å². The summed E-state index contributed by atoms with van der Waals surface area (Å²) in [4.78, 5) is 20.4. The number of rotatable bonds is 9. The van der Waals surface area contributed by atoms with E-state index in [0.717, 1.165) is 41.5 Å². The summed E-state index contributed by atoms with van der Waals surface area (Å²) in [5.74, 6) is 1.11. The first-order chi connectivity index (χ1) is 14.8. The van der Waals surface area contributed by atoms with Gasteiger partial charge in [0.1, 0.15) is 29.3 Å². The van der Waals surface area contributed by atoms with Crippen molar-refractivity contribution in [2.45, 2.75) is 65.1 Å². The van der Waals surface area contributed by atoms with E-state index in [0.29, 0.717) is 18.0 Å². The minimum Gasteiger partial charge on any atom is -0.497 e. The molecule has 0 fully saturated rings. The normalized spacial score (nSPS) is 12.5. The molecule has 0 aliphatic heterocycles. The van der Waals surface area contributed by atoms with E-state index in [1.165, 1.54) is 6.33 Å². The first kappa shape index (κ1) is 22.6. The maximum Gasteiger partial charge on any atom is 0.306 e. The number of carbonyl (C=O) groups is 1. The number of ether oxygens (including phenoxy) is 3. The Balaban J connectivity index is 1.63. The van der Waals surface area contributed by atoms with Gasteiger partial charge in [0.2, 0.25) is 11.6 Å². The highest BCUT2D eigenvalue weighted by molar-refractivity contribution is 5.95. The summed E-state index contributed by atoms with van der Waals surface area (Å²) in [6.07, 6.45) is 5.84. The van der Waals surface area contributed by atoms with Crippen molar-refractivity contribution in [3.05, 3.63) is 36.9 Å². The zero-order valence-corrected chi connectivity index (χ0v) is 18.8. The molecule has 0 amide bonds. The fraction of sp³-hybridized carbons (Fsp3) is 0.458. The van der Waals surface area contributed by atoms with Crippen LogP contribution in [-0.2, 0) is 9.53 Å². The molecule has 1 aromatic carbocycles. The molecule has 0 unspecified atom stereocenters. The topological polar surface area (TPSA) is 83.7 Å². The third-order valence-corrected chi connectivity index (χ3v) is 4.71. The smallest absolute Gasteiger partial charge is 0.306 e. The van der Waals surface area contributed by atoms with Crippen LogP contribution in [0, 0.1) is 0 Å². The number of hydrogen-bond acceptors (Lipinski definition) is 7. The van der Waals surface area contributed by atoms with Gasteiger partial charge in [-0.15, -0.1) is 0 Å². The van der Waals surface area contributed by atoms with E-state index < -0.39 is 5.60 Å². The Hall–Kier alpha value is -3.09. The molecule has 2 aromatic heterocycles. The third-order valence-electron chi connectivity index (χ3n) is 4.71. The Morgan fingerprint density at radius 2 is 1.87 bits per heavy atom. The number of methoxy groups -OCH3 is 1. The second-order valence-corrected chi connectivity index (χ2v) is 8.50. The number of fused-ring (bicyclic) bond motifs is 1. The number of furan rings is 1. The summed E-state index contributed by atoms with van der Waals surface area (Å²) >= 11 is 0. The van der Waals surface area contributed by atoms with Gasteiger partial charge >= 0.3 is 5.97 Å². The van der Waals surface area contributed by atoms with Crippen molar-refractivity contribution < 1.29 is 23.4 Å². The van der Waals surface area contributed by atoms with Gasteiger partial charge in [-0.25, -0.2) is 9.97 Å². The van der Waals surface area contributed by atoms with Crippen LogP contribution in [0.2, 0.25) is 0 Å². The Morgan fingerprint density at radius 1 is 1.13 bits per heavy atom. The number of esters is 1. The first-order valence-corrected chi connectivity index (χ1v) is 10.5. The van der Waals surface area contributed by atoms with Crippen molar-refractivity contribution >= 4 is 17.1 Å². The maximum atomic E-state index is 11.8. The van der Waals surface area contributed by atoms with Crippen LogP contribution in [0.15, 0.2) is 41.3 Å². The zero-order chi connectivity index (χ0) is 22.4. The van der Waals surface area contributed by atoms with E-state index in [-0.39, 0.29) is 12.1 Å². The Morgan fingerprint density at radius 3 is 2.55 bits per heavy atom. The minimum absolute atomic E-state index is 0.0737. The van der Waals surface area contributed by atoms with Gasteiger partial charge < -0.3 is 18.6 Å². The number of unbranched alkanes of at least 4 members (excludes halogenated alkanes) is 1. The van der Waals surface area contributed by atoms with Crippen LogP contribution < -0.4 is 9.47 Å². The van der Waals surface area contributed by atoms with Crippen molar-refractivity contribution in [2.24, 2.45) is 0 Å². The number of hydrogen-bond donors (Lipinski definition) is 0. The summed E-state index contributed by atoms with van der Waals surface area (Å²) in [6.45, 7) is 7.62. The Labute approximate surface area is 182 Å². The number of aromatic nitrogens is 2. The summed E-state index contributed by atoms with van der Waals surface area (Å²) in [6, 6.07) is 7.71. The average molecular weight is 427 g/mol. The molecule has 0 saturated heterocycles. The fourth-order valence-corrected chi connectivity index (χ4v) is 3.26. The lowest BCUT2D eigenvalue weighted by atomic mass is 10.1. The summed E-state index contributed by atoms with van der Waals surface area (Å²) in [7, 11) is 1.64. The van der Waals surface area contributed by atoms with Crippen molar-refractivity contribution in [3.63, 3.8) is 0 Å². The monoisotopic (exact) mass is 426 g/mol. The van der Waals surface area contributed by atoms with Crippen LogP contribution in [0.5, 0.6) is 11.6 Å². The lowest BCUT2D eigenvalue weighted by Gasteiger charge is -2.19. The van der Waals surface area contributed by atoms with E-state index in [1.807, 2.05) is 52.0 Å². The molecule has 0 spiro atoms. The Bertz CT molecular complexity index is 1000. The quantitative estimate of drug-likeness (QED) is 0.327. The molecule has 1 atom stereocenters. The first-order valence-electron chi connectivity index (χ1n) is 10.5. The predicted molar refractivity (Wildman–Crippen MR) is 118 cm³/mol. The number of benzene rings is 1. The van der Waals surface area contributed by atoms with Crippen molar-refractivity contribution in [2.75, 3.05) is 7.11 Å². The van der Waals surface area contributed by atoms with Gasteiger partial charge in [-0.05, 0) is 64.7 Å². The standard InChI is InChI=1S/C24H30N2O5/c1-16(8-6-7-9-20(27)31-24(2,3)4)30-23-21-19(14-29-22(21)25-15-26-23)17-10-12-18(28-5)13-11-17/h10-16H,6-9H2,1-5H3/t16-/m1/s1. The van der Waals surface area contributed by atoms with E-state index in [2.05, 4.69) is 9.97 Å². The second kappa shape index (κ2) is 9.81. The molecule has 7 nitrogen and oxygen atoms in total. The van der Waals surface area contributed by atoms with Crippen LogP contribution >= 0.6 is 0 Å². The summed E-state index contributed by atoms with van der Waals surface area (Å²) in [5.41, 5.74) is 1.86. The number of carbonyl (C=O) groups excluding carboxylic acids is 1. The van der Waals surface area contributed by atoms with Crippen molar-refractivity contribution in [3.8, 4) is 22.8 Å². The van der Waals surface area contributed by atoms with Crippen LogP contribution in [0.4, 0.5) is 0 Å². The van der Waals surface area contributed by atoms with Crippen molar-refractivity contribution in [1.82, 2.24) is 9.97 Å². The largest absolute Gasteiger partial charge is 0.497 e. The highest BCUT2D eigenvalue weighted by Crippen LogP contribution is 2.35. The molecule has 7 heteroatoms. The van der Waals surface area contributed by atoms with Crippen molar-refractivity contribution in [1.29, 1.82) is 0 Å². The molecule has 3 aromatic rings. The molecule has 0 saturated carbocycles. The highest BCUT2D eigenvalue weighted by atomic mass is 16.6. The van der Waals surface area contributed by atoms with E-state index in [4.69, 9.17) is 18.6 Å².